The van der Waals surface area contributed by atoms with Gasteiger partial charge >= 0.3 is 0 Å². The molecule has 0 saturated heterocycles. The fraction of sp³-hybridized carbons (Fsp3) is 0.429. The Kier molecular flexibility index (Phi) is 4.62. The first-order valence-corrected chi connectivity index (χ1v) is 6.93. The lowest BCUT2D eigenvalue weighted by molar-refractivity contribution is -0.0183. The second-order valence-corrected chi connectivity index (χ2v) is 5.83. The van der Waals surface area contributed by atoms with E-state index in [-0.39, 0.29) is 6.61 Å². The molecule has 0 aliphatic carbocycles. The molecule has 2 N–H and O–H groups in total. The third-order valence-corrected chi connectivity index (χ3v) is 4.09. The van der Waals surface area contributed by atoms with E-state index < -0.39 is 11.6 Å². The normalized spacial score (nSPS) is 19.4. The second-order valence-electron chi connectivity index (χ2n) is 5.02. The van der Waals surface area contributed by atoms with Gasteiger partial charge in [0.05, 0.1) is 12.6 Å². The summed E-state index contributed by atoms with van der Waals surface area (Å²) in [5.41, 5.74) is 3.55. The summed E-state index contributed by atoms with van der Waals surface area (Å²) in [6, 6.07) is 4.87. The minimum atomic E-state index is -0.659. The first-order valence-electron chi connectivity index (χ1n) is 6.18. The zero-order valence-electron chi connectivity index (χ0n) is 11.5. The van der Waals surface area contributed by atoms with Crippen molar-refractivity contribution in [2.45, 2.75) is 25.5 Å². The van der Waals surface area contributed by atoms with E-state index in [1.807, 2.05) is 13.8 Å². The number of benzene rings is 1. The number of nitrogens with one attached hydrogen (secondary N) is 1. The zero-order chi connectivity index (χ0) is 14.9. The first kappa shape index (κ1) is 15.6. The Bertz CT molecular complexity index is 523. The average molecular weight is 318 g/mol. The van der Waals surface area contributed by atoms with E-state index in [0.717, 1.165) is 0 Å². The molecular formula is C14H17Cl2NO3. The highest BCUT2D eigenvalue weighted by Gasteiger charge is 2.38. The Hall–Kier alpha value is -0.780. The molecule has 4 nitrogen and oxygen atoms in total. The lowest BCUT2D eigenvalue weighted by Crippen LogP contribution is -2.27. The number of hydrogen-bond acceptors (Lipinski definition) is 4. The van der Waals surface area contributed by atoms with Gasteiger partial charge < -0.3 is 14.7 Å². The molecule has 2 rings (SSSR count). The van der Waals surface area contributed by atoms with Crippen LogP contribution in [0.3, 0.4) is 0 Å². The molecule has 1 aliphatic heterocycles. The van der Waals surface area contributed by atoms with Crippen LogP contribution in [-0.4, -0.2) is 24.4 Å². The lowest BCUT2D eigenvalue weighted by Gasteiger charge is -2.23. The molecular weight excluding hydrogens is 301 g/mol. The Morgan fingerprint density at radius 1 is 1.35 bits per heavy atom. The molecule has 6 heteroatoms. The molecule has 110 valence electrons. The summed E-state index contributed by atoms with van der Waals surface area (Å²) in [6.07, 6.45) is 0. The molecule has 1 aromatic carbocycles. The summed E-state index contributed by atoms with van der Waals surface area (Å²) in [4.78, 5) is 5.52. The van der Waals surface area contributed by atoms with Gasteiger partial charge in [-0.25, -0.2) is 0 Å². The van der Waals surface area contributed by atoms with Crippen LogP contribution in [0.5, 0.6) is 0 Å². The summed E-state index contributed by atoms with van der Waals surface area (Å²) in [5, 5.41) is 10.7. The van der Waals surface area contributed by atoms with Crippen molar-refractivity contribution < 1.29 is 14.7 Å². The highest BCUT2D eigenvalue weighted by molar-refractivity contribution is 6.36. The van der Waals surface area contributed by atoms with Crippen molar-refractivity contribution in [2.75, 3.05) is 13.7 Å². The van der Waals surface area contributed by atoms with Crippen LogP contribution < -0.4 is 5.48 Å². The average Bonchev–Trinajstić information content (AvgIpc) is 2.83. The summed E-state index contributed by atoms with van der Waals surface area (Å²) < 4.78 is 5.40. The summed E-state index contributed by atoms with van der Waals surface area (Å²) in [6.45, 7) is 3.54. The Morgan fingerprint density at radius 3 is 2.45 bits per heavy atom. The molecule has 0 fully saturated rings. The first-order chi connectivity index (χ1) is 9.42. The van der Waals surface area contributed by atoms with Gasteiger partial charge in [0.25, 0.3) is 0 Å². The fourth-order valence-electron chi connectivity index (χ4n) is 2.17. The number of rotatable bonds is 4. The van der Waals surface area contributed by atoms with E-state index in [1.165, 1.54) is 0 Å². The largest absolute Gasteiger partial charge is 0.409 e. The van der Waals surface area contributed by atoms with Crippen molar-refractivity contribution in [3.63, 3.8) is 0 Å². The maximum atomic E-state index is 9.69. The van der Waals surface area contributed by atoms with Crippen LogP contribution in [0.15, 0.2) is 29.5 Å². The quantitative estimate of drug-likeness (QED) is 0.895. The van der Waals surface area contributed by atoms with Crippen molar-refractivity contribution in [3.05, 3.63) is 45.1 Å². The van der Waals surface area contributed by atoms with Gasteiger partial charge in [0, 0.05) is 28.3 Å². The third-order valence-electron chi connectivity index (χ3n) is 3.43. The van der Waals surface area contributed by atoms with E-state index in [1.54, 1.807) is 25.3 Å². The molecule has 20 heavy (non-hydrogen) atoms. The van der Waals surface area contributed by atoms with E-state index in [2.05, 4.69) is 5.48 Å². The number of halogens is 2. The van der Waals surface area contributed by atoms with E-state index in [0.29, 0.717) is 26.9 Å². The standard InChI is InChI=1S/C14H17Cl2NO3/c1-14(2,19-3)13-8(7-18)12(17-20-13)11-9(15)5-4-6-10(11)16/h4-6,12,17-18H,7H2,1-3H3. The van der Waals surface area contributed by atoms with Gasteiger partial charge in [-0.2, -0.15) is 0 Å². The van der Waals surface area contributed by atoms with Crippen LogP contribution in [0, 0.1) is 0 Å². The second kappa shape index (κ2) is 5.92. The van der Waals surface area contributed by atoms with Crippen LogP contribution in [0.4, 0.5) is 0 Å². The van der Waals surface area contributed by atoms with Gasteiger partial charge in [-0.1, -0.05) is 29.3 Å². The van der Waals surface area contributed by atoms with Gasteiger partial charge in [-0.3, -0.25) is 0 Å². The minimum Gasteiger partial charge on any atom is -0.409 e. The van der Waals surface area contributed by atoms with Crippen molar-refractivity contribution >= 4 is 23.2 Å². The molecule has 1 unspecified atom stereocenters. The topological polar surface area (TPSA) is 50.7 Å². The highest BCUT2D eigenvalue weighted by atomic mass is 35.5. The molecule has 0 spiro atoms. The Morgan fingerprint density at radius 2 is 1.95 bits per heavy atom. The Balaban J connectivity index is 2.50. The predicted molar refractivity (Wildman–Crippen MR) is 78.6 cm³/mol. The number of ether oxygens (including phenoxy) is 1. The van der Waals surface area contributed by atoms with Crippen LogP contribution in [-0.2, 0) is 9.57 Å². The Labute approximate surface area is 128 Å². The van der Waals surface area contributed by atoms with Gasteiger partial charge in [0.1, 0.15) is 5.60 Å². The van der Waals surface area contributed by atoms with Crippen molar-refractivity contribution in [1.82, 2.24) is 5.48 Å². The summed E-state index contributed by atoms with van der Waals surface area (Å²) in [5.74, 6) is 0.545. The zero-order valence-corrected chi connectivity index (χ0v) is 13.0. The number of methoxy groups -OCH3 is 1. The molecule has 1 aromatic rings. The number of hydrogen-bond donors (Lipinski definition) is 2. The van der Waals surface area contributed by atoms with E-state index in [9.17, 15) is 5.11 Å². The summed E-state index contributed by atoms with van der Waals surface area (Å²) >= 11 is 12.4. The molecule has 0 aromatic heterocycles. The fourth-order valence-corrected chi connectivity index (χ4v) is 2.79. The highest BCUT2D eigenvalue weighted by Crippen LogP contribution is 2.41. The van der Waals surface area contributed by atoms with Gasteiger partial charge in [-0.05, 0) is 26.0 Å². The van der Waals surface area contributed by atoms with Crippen LogP contribution in [0.2, 0.25) is 10.0 Å². The molecule has 0 bridgehead atoms. The lowest BCUT2D eigenvalue weighted by atomic mass is 9.94. The number of hydroxylamine groups is 1. The van der Waals surface area contributed by atoms with Crippen LogP contribution in [0.25, 0.3) is 0 Å². The SMILES string of the molecule is COC(C)(C)C1=C(CO)C(c2c(Cl)cccc2Cl)NO1. The van der Waals surface area contributed by atoms with Crippen LogP contribution >= 0.6 is 23.2 Å². The molecule has 0 amide bonds. The predicted octanol–water partition coefficient (Wildman–Crippen LogP) is 3.24. The number of aliphatic hydroxyl groups is 1. The maximum Gasteiger partial charge on any atom is 0.159 e. The maximum absolute atomic E-state index is 9.69. The van der Waals surface area contributed by atoms with Gasteiger partial charge in [0.15, 0.2) is 5.76 Å². The minimum absolute atomic E-state index is 0.179. The van der Waals surface area contributed by atoms with Crippen molar-refractivity contribution in [3.8, 4) is 0 Å². The van der Waals surface area contributed by atoms with E-state index >= 15 is 0 Å². The van der Waals surface area contributed by atoms with Crippen LogP contribution in [0.1, 0.15) is 25.5 Å². The van der Waals surface area contributed by atoms with Gasteiger partial charge in [-0.15, -0.1) is 5.48 Å². The van der Waals surface area contributed by atoms with Crippen molar-refractivity contribution in [1.29, 1.82) is 0 Å². The summed E-state index contributed by atoms with van der Waals surface area (Å²) in [7, 11) is 1.58. The monoisotopic (exact) mass is 317 g/mol. The molecule has 1 heterocycles. The number of aliphatic hydroxyl groups excluding tert-OH is 1. The molecule has 0 saturated carbocycles. The van der Waals surface area contributed by atoms with E-state index in [4.69, 9.17) is 32.8 Å². The molecule has 1 atom stereocenters. The smallest absolute Gasteiger partial charge is 0.159 e. The molecule has 1 aliphatic rings. The van der Waals surface area contributed by atoms with Gasteiger partial charge in [0.2, 0.25) is 0 Å². The third kappa shape index (κ3) is 2.67. The van der Waals surface area contributed by atoms with Crippen molar-refractivity contribution in [2.24, 2.45) is 0 Å². The molecule has 0 radical (unpaired) electrons.